The van der Waals surface area contributed by atoms with E-state index in [4.69, 9.17) is 31.8 Å². The fourth-order valence-electron chi connectivity index (χ4n) is 1.25. The molecular formula is C10H11Cl2NO6S. The predicted molar refractivity (Wildman–Crippen MR) is 74.1 cm³/mol. The van der Waals surface area contributed by atoms with Crippen LogP contribution in [0, 0.1) is 10.1 Å². The molecule has 1 aromatic rings. The third-order valence-corrected chi connectivity index (χ3v) is 3.50. The molecular weight excluding hydrogens is 333 g/mol. The third kappa shape index (κ3) is 5.91. The number of hydrogen-bond donors (Lipinski definition) is 0. The van der Waals surface area contributed by atoms with Gasteiger partial charge >= 0.3 is 5.69 Å². The number of para-hydroxylation sites is 1. The summed E-state index contributed by atoms with van der Waals surface area (Å²) >= 11 is 5.81. The maximum absolute atomic E-state index is 10.8. The summed E-state index contributed by atoms with van der Waals surface area (Å²) in [6.45, 7) is -0.0402. The van der Waals surface area contributed by atoms with Crippen LogP contribution in [0.25, 0.3) is 0 Å². The van der Waals surface area contributed by atoms with Gasteiger partial charge in [0.2, 0.25) is 14.8 Å². The van der Waals surface area contributed by atoms with E-state index in [1.165, 1.54) is 18.2 Å². The van der Waals surface area contributed by atoms with Crippen LogP contribution in [0.1, 0.15) is 0 Å². The van der Waals surface area contributed by atoms with E-state index in [0.717, 1.165) is 0 Å². The molecule has 0 bridgehead atoms. The zero-order valence-corrected chi connectivity index (χ0v) is 12.4. The summed E-state index contributed by atoms with van der Waals surface area (Å²) in [5.41, 5.74) is -0.249. The summed E-state index contributed by atoms with van der Waals surface area (Å²) in [4.78, 5) is 10.2. The first kappa shape index (κ1) is 17.0. The van der Waals surface area contributed by atoms with Crippen molar-refractivity contribution in [2.45, 2.75) is 0 Å². The van der Waals surface area contributed by atoms with Crippen molar-refractivity contribution in [1.29, 1.82) is 0 Å². The van der Waals surface area contributed by atoms with E-state index in [-0.39, 0.29) is 42.0 Å². The molecule has 7 nitrogen and oxygen atoms in total. The van der Waals surface area contributed by atoms with Gasteiger partial charge < -0.3 is 9.47 Å². The van der Waals surface area contributed by atoms with Crippen LogP contribution in [0.2, 0.25) is 5.02 Å². The molecule has 10 heteroatoms. The Labute approximate surface area is 125 Å². The van der Waals surface area contributed by atoms with Crippen molar-refractivity contribution in [3.05, 3.63) is 33.3 Å². The van der Waals surface area contributed by atoms with Crippen molar-refractivity contribution in [3.8, 4) is 5.75 Å². The molecule has 20 heavy (non-hydrogen) atoms. The quantitative estimate of drug-likeness (QED) is 0.310. The molecule has 1 aromatic carbocycles. The molecule has 0 radical (unpaired) electrons. The summed E-state index contributed by atoms with van der Waals surface area (Å²) in [5.74, 6) is -0.367. The highest BCUT2D eigenvalue weighted by atomic mass is 35.7. The summed E-state index contributed by atoms with van der Waals surface area (Å²) in [5, 5.41) is 10.9. The van der Waals surface area contributed by atoms with Gasteiger partial charge in [-0.15, -0.1) is 0 Å². The molecule has 0 saturated heterocycles. The predicted octanol–water partition coefficient (Wildman–Crippen LogP) is 2.21. The topological polar surface area (TPSA) is 95.7 Å². The Morgan fingerprint density at radius 1 is 1.25 bits per heavy atom. The van der Waals surface area contributed by atoms with Gasteiger partial charge in [-0.05, 0) is 6.07 Å². The van der Waals surface area contributed by atoms with E-state index >= 15 is 0 Å². The number of ether oxygens (including phenoxy) is 2. The van der Waals surface area contributed by atoms with Crippen LogP contribution in [0.15, 0.2) is 18.2 Å². The maximum Gasteiger partial charge on any atom is 0.312 e. The molecule has 0 spiro atoms. The van der Waals surface area contributed by atoms with Gasteiger partial charge in [-0.3, -0.25) is 10.1 Å². The average Bonchev–Trinajstić information content (AvgIpc) is 2.33. The van der Waals surface area contributed by atoms with E-state index in [1.54, 1.807) is 0 Å². The van der Waals surface area contributed by atoms with E-state index in [9.17, 15) is 18.5 Å². The molecule has 0 aliphatic heterocycles. The van der Waals surface area contributed by atoms with Crippen molar-refractivity contribution < 1.29 is 22.8 Å². The van der Waals surface area contributed by atoms with Crippen LogP contribution in [0.4, 0.5) is 5.69 Å². The molecule has 0 atom stereocenters. The van der Waals surface area contributed by atoms with E-state index in [2.05, 4.69) is 0 Å². The van der Waals surface area contributed by atoms with Gasteiger partial charge in [0, 0.05) is 16.7 Å². The number of halogens is 2. The van der Waals surface area contributed by atoms with Crippen molar-refractivity contribution in [1.82, 2.24) is 0 Å². The monoisotopic (exact) mass is 343 g/mol. The van der Waals surface area contributed by atoms with Gasteiger partial charge in [-0.25, -0.2) is 8.42 Å². The lowest BCUT2D eigenvalue weighted by Gasteiger charge is -2.08. The first-order valence-electron chi connectivity index (χ1n) is 5.37. The highest BCUT2D eigenvalue weighted by Crippen LogP contribution is 2.34. The number of benzene rings is 1. The van der Waals surface area contributed by atoms with Crippen LogP contribution >= 0.6 is 22.3 Å². The van der Waals surface area contributed by atoms with E-state index in [1.807, 2.05) is 0 Å². The minimum absolute atomic E-state index is 0.00704. The molecule has 1 rings (SSSR count). The van der Waals surface area contributed by atoms with Gasteiger partial charge in [-0.2, -0.15) is 0 Å². The molecule has 0 unspecified atom stereocenters. The molecule has 0 aliphatic rings. The smallest absolute Gasteiger partial charge is 0.312 e. The van der Waals surface area contributed by atoms with Crippen LogP contribution in [-0.4, -0.2) is 38.9 Å². The van der Waals surface area contributed by atoms with Crippen molar-refractivity contribution in [3.63, 3.8) is 0 Å². The minimum Gasteiger partial charge on any atom is -0.483 e. The van der Waals surface area contributed by atoms with Crippen LogP contribution < -0.4 is 4.74 Å². The normalized spacial score (nSPS) is 11.3. The Kier molecular flexibility index (Phi) is 6.47. The Bertz CT molecular complexity index is 577. The largest absolute Gasteiger partial charge is 0.483 e. The summed E-state index contributed by atoms with van der Waals surface area (Å²) < 4.78 is 31.4. The minimum atomic E-state index is -3.59. The Balaban J connectivity index is 2.45. The second-order valence-electron chi connectivity index (χ2n) is 3.55. The third-order valence-electron chi connectivity index (χ3n) is 2.09. The van der Waals surface area contributed by atoms with Gasteiger partial charge in [0.15, 0.2) is 0 Å². The zero-order chi connectivity index (χ0) is 15.2. The SMILES string of the molecule is O=[N+]([O-])c1cccc(Cl)c1OCCOCCS(=O)(=O)Cl. The molecule has 0 aromatic heterocycles. The van der Waals surface area contributed by atoms with Crippen molar-refractivity contribution >= 4 is 37.0 Å². The second kappa shape index (κ2) is 7.63. The van der Waals surface area contributed by atoms with E-state index < -0.39 is 14.0 Å². The molecule has 0 amide bonds. The van der Waals surface area contributed by atoms with Crippen LogP contribution in [0.5, 0.6) is 5.75 Å². The summed E-state index contributed by atoms with van der Waals surface area (Å²) in [6, 6.07) is 4.17. The molecule has 0 saturated carbocycles. The molecule has 0 fully saturated rings. The average molecular weight is 344 g/mol. The highest BCUT2D eigenvalue weighted by molar-refractivity contribution is 8.13. The molecule has 112 valence electrons. The van der Waals surface area contributed by atoms with Crippen molar-refractivity contribution in [2.75, 3.05) is 25.6 Å². The Morgan fingerprint density at radius 3 is 2.55 bits per heavy atom. The van der Waals surface area contributed by atoms with Crippen LogP contribution in [-0.2, 0) is 13.8 Å². The lowest BCUT2D eigenvalue weighted by Crippen LogP contribution is -2.12. The van der Waals surface area contributed by atoms with Gasteiger partial charge in [0.1, 0.15) is 6.61 Å². The van der Waals surface area contributed by atoms with Gasteiger partial charge in [-0.1, -0.05) is 17.7 Å². The number of nitrogens with zero attached hydrogens (tertiary/aromatic N) is 1. The second-order valence-corrected chi connectivity index (χ2v) is 6.85. The number of nitro benzene ring substituents is 1. The number of hydrogen-bond acceptors (Lipinski definition) is 6. The Morgan fingerprint density at radius 2 is 1.95 bits per heavy atom. The van der Waals surface area contributed by atoms with Crippen LogP contribution in [0.3, 0.4) is 0 Å². The lowest BCUT2D eigenvalue weighted by atomic mass is 10.3. The maximum atomic E-state index is 10.8. The standard InChI is InChI=1S/C10H11Cl2NO6S/c11-8-2-1-3-9(13(14)15)10(8)19-5-4-18-6-7-20(12,16)17/h1-3H,4-7H2. The first-order valence-corrected chi connectivity index (χ1v) is 8.22. The summed E-state index contributed by atoms with van der Waals surface area (Å²) in [6.07, 6.45) is 0. The highest BCUT2D eigenvalue weighted by Gasteiger charge is 2.17. The van der Waals surface area contributed by atoms with Crippen molar-refractivity contribution in [2.24, 2.45) is 0 Å². The van der Waals surface area contributed by atoms with Gasteiger partial charge in [0.25, 0.3) is 0 Å². The fraction of sp³-hybridized carbons (Fsp3) is 0.400. The first-order chi connectivity index (χ1) is 9.31. The zero-order valence-electron chi connectivity index (χ0n) is 10.1. The lowest BCUT2D eigenvalue weighted by molar-refractivity contribution is -0.385. The fourth-order valence-corrected chi connectivity index (χ4v) is 1.98. The number of rotatable bonds is 8. The molecule has 0 heterocycles. The summed E-state index contributed by atoms with van der Waals surface area (Å²) in [7, 11) is 1.39. The van der Waals surface area contributed by atoms with Gasteiger partial charge in [0.05, 0.1) is 28.9 Å². The molecule has 0 N–H and O–H groups in total. The van der Waals surface area contributed by atoms with E-state index in [0.29, 0.717) is 0 Å². The Hall–Kier alpha value is -1.09. The molecule has 0 aliphatic carbocycles. The number of nitro groups is 1.